The van der Waals surface area contributed by atoms with Gasteiger partial charge in [0.05, 0.1) is 31.3 Å². The molecule has 184 valence electrons. The SMILES string of the molecule is CCOC(=O)Cc1ccc(C#N)cc1OCc1cc(-c2cccc(CN)c2)c2oc(CCO)cc2c1. The first-order chi connectivity index (χ1) is 17.5. The molecule has 0 atom stereocenters. The molecule has 0 amide bonds. The summed E-state index contributed by atoms with van der Waals surface area (Å²) in [5.74, 6) is 0.799. The van der Waals surface area contributed by atoms with Crippen LogP contribution in [0.25, 0.3) is 22.1 Å². The molecule has 0 aliphatic heterocycles. The molecule has 0 aliphatic rings. The summed E-state index contributed by atoms with van der Waals surface area (Å²) in [5, 5.41) is 19.6. The molecule has 1 heterocycles. The molecule has 3 aromatic carbocycles. The molecule has 0 saturated heterocycles. The van der Waals surface area contributed by atoms with Crippen molar-refractivity contribution in [1.82, 2.24) is 0 Å². The molecule has 7 nitrogen and oxygen atoms in total. The molecule has 3 N–H and O–H groups in total. The minimum absolute atomic E-state index is 0.00768. The van der Waals surface area contributed by atoms with Gasteiger partial charge in [0.15, 0.2) is 0 Å². The molecule has 1 aromatic heterocycles. The van der Waals surface area contributed by atoms with Gasteiger partial charge in [-0.15, -0.1) is 0 Å². The van der Waals surface area contributed by atoms with Crippen LogP contribution in [0.4, 0.5) is 0 Å². The van der Waals surface area contributed by atoms with E-state index in [0.29, 0.717) is 42.2 Å². The second kappa shape index (κ2) is 11.5. The zero-order valence-corrected chi connectivity index (χ0v) is 20.1. The van der Waals surface area contributed by atoms with Crippen molar-refractivity contribution in [3.8, 4) is 22.9 Å². The van der Waals surface area contributed by atoms with Gasteiger partial charge in [0.2, 0.25) is 0 Å². The number of hydrogen-bond acceptors (Lipinski definition) is 7. The van der Waals surface area contributed by atoms with Crippen molar-refractivity contribution in [2.45, 2.75) is 32.9 Å². The molecule has 4 rings (SSSR count). The van der Waals surface area contributed by atoms with E-state index in [1.165, 1.54) is 0 Å². The molecule has 0 saturated carbocycles. The van der Waals surface area contributed by atoms with Gasteiger partial charge < -0.3 is 24.7 Å². The van der Waals surface area contributed by atoms with E-state index in [0.717, 1.165) is 33.2 Å². The number of carbonyl (C=O) groups is 1. The average molecular weight is 485 g/mol. The zero-order chi connectivity index (χ0) is 25.5. The van der Waals surface area contributed by atoms with Crippen LogP contribution < -0.4 is 10.5 Å². The van der Waals surface area contributed by atoms with E-state index >= 15 is 0 Å². The lowest BCUT2D eigenvalue weighted by molar-refractivity contribution is -0.142. The topological polar surface area (TPSA) is 119 Å². The third-order valence-electron chi connectivity index (χ3n) is 5.79. The number of hydrogen-bond donors (Lipinski definition) is 2. The van der Waals surface area contributed by atoms with Crippen LogP contribution in [0.1, 0.15) is 34.9 Å². The minimum Gasteiger partial charge on any atom is -0.489 e. The fourth-order valence-electron chi connectivity index (χ4n) is 4.10. The quantitative estimate of drug-likeness (QED) is 0.315. The molecule has 4 aromatic rings. The predicted octanol–water partition coefficient (Wildman–Crippen LogP) is 4.65. The standard InChI is InChI=1S/C29H28N2O5/c1-2-34-28(33)15-23-7-6-20(17-31)13-27(23)35-18-21-11-24-14-25(8-9-32)36-29(24)26(12-21)22-5-3-4-19(10-22)16-30/h3-7,10-14,32H,2,8-9,15-16,18,30H2,1H3. The van der Waals surface area contributed by atoms with Gasteiger partial charge in [-0.05, 0) is 60.0 Å². The lowest BCUT2D eigenvalue weighted by Crippen LogP contribution is -2.09. The Labute approximate surface area is 209 Å². The van der Waals surface area contributed by atoms with Crippen molar-refractivity contribution in [3.05, 3.63) is 88.7 Å². The highest BCUT2D eigenvalue weighted by Gasteiger charge is 2.15. The Balaban J connectivity index is 1.70. The number of nitrogens with zero attached hydrogens (tertiary/aromatic N) is 1. The maximum atomic E-state index is 12.1. The Morgan fingerprint density at radius 2 is 1.97 bits per heavy atom. The summed E-state index contributed by atoms with van der Waals surface area (Å²) < 4.78 is 17.3. The second-order valence-electron chi connectivity index (χ2n) is 8.36. The van der Waals surface area contributed by atoms with Crippen molar-refractivity contribution >= 4 is 16.9 Å². The van der Waals surface area contributed by atoms with Gasteiger partial charge in [-0.25, -0.2) is 0 Å². The third-order valence-corrected chi connectivity index (χ3v) is 5.79. The number of aliphatic hydroxyl groups excluding tert-OH is 1. The van der Waals surface area contributed by atoms with Crippen LogP contribution >= 0.6 is 0 Å². The average Bonchev–Trinajstić information content (AvgIpc) is 3.30. The number of ether oxygens (including phenoxy) is 2. The van der Waals surface area contributed by atoms with Crippen molar-refractivity contribution in [2.75, 3.05) is 13.2 Å². The predicted molar refractivity (Wildman–Crippen MR) is 136 cm³/mol. The highest BCUT2D eigenvalue weighted by molar-refractivity contribution is 5.93. The molecule has 36 heavy (non-hydrogen) atoms. The van der Waals surface area contributed by atoms with Crippen LogP contribution in [0.3, 0.4) is 0 Å². The summed E-state index contributed by atoms with van der Waals surface area (Å²) in [6.07, 6.45) is 0.470. The Morgan fingerprint density at radius 1 is 1.11 bits per heavy atom. The molecule has 0 aliphatic carbocycles. The van der Waals surface area contributed by atoms with Gasteiger partial charge in [0.25, 0.3) is 0 Å². The first kappa shape index (κ1) is 25.0. The molecule has 7 heteroatoms. The third kappa shape index (κ3) is 5.74. The van der Waals surface area contributed by atoms with Crippen LogP contribution in [0.5, 0.6) is 5.75 Å². The fourth-order valence-corrected chi connectivity index (χ4v) is 4.10. The van der Waals surface area contributed by atoms with Gasteiger partial charge in [0.1, 0.15) is 23.7 Å². The summed E-state index contributed by atoms with van der Waals surface area (Å²) in [4.78, 5) is 12.1. The van der Waals surface area contributed by atoms with Crippen molar-refractivity contribution in [3.63, 3.8) is 0 Å². The maximum absolute atomic E-state index is 12.1. The highest BCUT2D eigenvalue weighted by atomic mass is 16.5. The number of nitriles is 1. The maximum Gasteiger partial charge on any atom is 0.310 e. The first-order valence-corrected chi connectivity index (χ1v) is 11.8. The monoisotopic (exact) mass is 484 g/mol. The van der Waals surface area contributed by atoms with E-state index in [2.05, 4.69) is 6.07 Å². The lowest BCUT2D eigenvalue weighted by Gasteiger charge is -2.13. The summed E-state index contributed by atoms with van der Waals surface area (Å²) in [7, 11) is 0. The number of nitrogens with two attached hydrogens (primary N) is 1. The molecule has 0 fully saturated rings. The van der Waals surface area contributed by atoms with E-state index in [1.807, 2.05) is 42.5 Å². The van der Waals surface area contributed by atoms with E-state index < -0.39 is 0 Å². The van der Waals surface area contributed by atoms with Gasteiger partial charge in [-0.3, -0.25) is 4.79 Å². The van der Waals surface area contributed by atoms with Crippen LogP contribution in [0.2, 0.25) is 0 Å². The van der Waals surface area contributed by atoms with Crippen molar-refractivity contribution in [2.24, 2.45) is 5.73 Å². The van der Waals surface area contributed by atoms with Crippen LogP contribution in [0.15, 0.2) is 65.1 Å². The number of fused-ring (bicyclic) bond motifs is 1. The van der Waals surface area contributed by atoms with Crippen LogP contribution in [-0.2, 0) is 35.5 Å². The van der Waals surface area contributed by atoms with Crippen molar-refractivity contribution < 1.29 is 23.8 Å². The Kier molecular flexibility index (Phi) is 8.01. The lowest BCUT2D eigenvalue weighted by atomic mass is 9.99. The summed E-state index contributed by atoms with van der Waals surface area (Å²) in [6, 6.07) is 21.0. The summed E-state index contributed by atoms with van der Waals surface area (Å²) >= 11 is 0. The number of esters is 1. The summed E-state index contributed by atoms with van der Waals surface area (Å²) in [6.45, 7) is 2.68. The highest BCUT2D eigenvalue weighted by Crippen LogP contribution is 2.34. The van der Waals surface area contributed by atoms with Gasteiger partial charge >= 0.3 is 5.97 Å². The van der Waals surface area contributed by atoms with E-state index in [-0.39, 0.29) is 25.6 Å². The fraction of sp³-hybridized carbons (Fsp3) is 0.241. The largest absolute Gasteiger partial charge is 0.489 e. The number of furan rings is 1. The molecule has 0 radical (unpaired) electrons. The van der Waals surface area contributed by atoms with Crippen LogP contribution in [-0.4, -0.2) is 24.3 Å². The Bertz CT molecular complexity index is 1420. The van der Waals surface area contributed by atoms with Crippen molar-refractivity contribution in [1.29, 1.82) is 5.26 Å². The normalized spacial score (nSPS) is 10.8. The van der Waals surface area contributed by atoms with Gasteiger partial charge in [-0.2, -0.15) is 5.26 Å². The van der Waals surface area contributed by atoms with Gasteiger partial charge in [-0.1, -0.05) is 24.3 Å². The number of rotatable bonds is 10. The van der Waals surface area contributed by atoms with E-state index in [4.69, 9.17) is 19.6 Å². The molecule has 0 unspecified atom stereocenters. The van der Waals surface area contributed by atoms with E-state index in [9.17, 15) is 15.2 Å². The number of aliphatic hydroxyl groups is 1. The number of carbonyl (C=O) groups excluding carboxylic acids is 1. The second-order valence-corrected chi connectivity index (χ2v) is 8.36. The molecule has 0 spiro atoms. The van der Waals surface area contributed by atoms with Crippen LogP contribution in [0, 0.1) is 11.3 Å². The molecular weight excluding hydrogens is 456 g/mol. The number of benzene rings is 3. The Hall–Kier alpha value is -4.12. The smallest absolute Gasteiger partial charge is 0.310 e. The van der Waals surface area contributed by atoms with Gasteiger partial charge in [0, 0.05) is 29.5 Å². The summed E-state index contributed by atoms with van der Waals surface area (Å²) in [5.41, 5.74) is 11.4. The zero-order valence-electron chi connectivity index (χ0n) is 20.1. The minimum atomic E-state index is -0.356. The Morgan fingerprint density at radius 3 is 2.72 bits per heavy atom. The molecular formula is C29H28N2O5. The first-order valence-electron chi connectivity index (χ1n) is 11.8. The molecule has 0 bridgehead atoms. The van der Waals surface area contributed by atoms with E-state index in [1.54, 1.807) is 25.1 Å².